The first-order valence-corrected chi connectivity index (χ1v) is 7.19. The summed E-state index contributed by atoms with van der Waals surface area (Å²) in [6.07, 6.45) is 1.40. The molecule has 2 aliphatic heterocycles. The number of benzene rings is 1. The van der Waals surface area contributed by atoms with Crippen molar-refractivity contribution in [3.63, 3.8) is 0 Å². The third-order valence-corrected chi connectivity index (χ3v) is 4.06. The molecular weight excluding hydrogens is 254 g/mol. The van der Waals surface area contributed by atoms with Crippen molar-refractivity contribution in [2.24, 2.45) is 0 Å². The molecule has 0 saturated carbocycles. The molecule has 0 aliphatic carbocycles. The molecule has 0 unspecified atom stereocenters. The zero-order valence-corrected chi connectivity index (χ0v) is 12.1. The molecule has 1 fully saturated rings. The lowest BCUT2D eigenvalue weighted by atomic mass is 10.00. The fourth-order valence-corrected chi connectivity index (χ4v) is 2.94. The van der Waals surface area contributed by atoms with Crippen LogP contribution >= 0.6 is 0 Å². The van der Waals surface area contributed by atoms with Crippen LogP contribution < -0.4 is 4.74 Å². The first-order valence-electron chi connectivity index (χ1n) is 7.19. The second kappa shape index (κ2) is 5.09. The molecule has 0 N–H and O–H groups in total. The highest BCUT2D eigenvalue weighted by atomic mass is 16.5. The van der Waals surface area contributed by atoms with Crippen molar-refractivity contribution in [3.8, 4) is 5.75 Å². The number of morpholine rings is 1. The number of carbonyl (C=O) groups excluding carboxylic acids is 1. The number of nitrogens with zero attached hydrogens (tertiary/aromatic N) is 1. The van der Waals surface area contributed by atoms with E-state index in [0.29, 0.717) is 26.2 Å². The maximum absolute atomic E-state index is 12.5. The quantitative estimate of drug-likeness (QED) is 0.826. The maximum Gasteiger partial charge on any atom is 0.227 e. The summed E-state index contributed by atoms with van der Waals surface area (Å²) in [5.41, 5.74) is 2.08. The van der Waals surface area contributed by atoms with Crippen LogP contribution in [0.5, 0.6) is 5.75 Å². The Morgan fingerprint density at radius 1 is 1.35 bits per heavy atom. The highest BCUT2D eigenvalue weighted by molar-refractivity contribution is 5.79. The van der Waals surface area contributed by atoms with Gasteiger partial charge in [0.15, 0.2) is 0 Å². The fourth-order valence-electron chi connectivity index (χ4n) is 2.94. The Hall–Kier alpha value is -1.55. The van der Waals surface area contributed by atoms with E-state index in [1.165, 1.54) is 5.56 Å². The number of rotatable bonds is 2. The minimum atomic E-state index is -0.213. The van der Waals surface area contributed by atoms with E-state index in [4.69, 9.17) is 9.47 Å². The Balaban J connectivity index is 1.72. The Bertz CT molecular complexity index is 524. The molecule has 3 rings (SSSR count). The van der Waals surface area contributed by atoms with Gasteiger partial charge in [-0.1, -0.05) is 12.1 Å². The standard InChI is InChI=1S/C16H21NO3/c1-16(2)11-19-8-6-17(16)15(18)10-12-3-4-14-13(9-12)5-7-20-14/h3-4,9H,5-8,10-11H2,1-2H3. The average Bonchev–Trinajstić information content (AvgIpc) is 2.85. The molecule has 0 aromatic heterocycles. The number of amides is 1. The summed E-state index contributed by atoms with van der Waals surface area (Å²) < 4.78 is 11.0. The highest BCUT2D eigenvalue weighted by Gasteiger charge is 2.33. The topological polar surface area (TPSA) is 38.8 Å². The van der Waals surface area contributed by atoms with E-state index in [1.807, 2.05) is 17.0 Å². The second-order valence-electron chi connectivity index (χ2n) is 6.13. The van der Waals surface area contributed by atoms with Crippen molar-refractivity contribution >= 4 is 5.91 Å². The van der Waals surface area contributed by atoms with Crippen molar-refractivity contribution in [3.05, 3.63) is 29.3 Å². The van der Waals surface area contributed by atoms with Gasteiger partial charge >= 0.3 is 0 Å². The first kappa shape index (κ1) is 13.4. The van der Waals surface area contributed by atoms with Crippen LogP contribution in [0.2, 0.25) is 0 Å². The lowest BCUT2D eigenvalue weighted by Crippen LogP contribution is -2.55. The maximum atomic E-state index is 12.5. The molecule has 4 heteroatoms. The van der Waals surface area contributed by atoms with Crippen LogP contribution in [0.15, 0.2) is 18.2 Å². The van der Waals surface area contributed by atoms with Gasteiger partial charge in [-0.25, -0.2) is 0 Å². The molecule has 0 bridgehead atoms. The molecule has 20 heavy (non-hydrogen) atoms. The minimum absolute atomic E-state index is 0.178. The Morgan fingerprint density at radius 3 is 3.00 bits per heavy atom. The number of carbonyl (C=O) groups is 1. The van der Waals surface area contributed by atoms with Crippen LogP contribution in [0.25, 0.3) is 0 Å². The van der Waals surface area contributed by atoms with E-state index in [0.717, 1.165) is 24.3 Å². The van der Waals surface area contributed by atoms with Gasteiger partial charge in [-0.2, -0.15) is 0 Å². The van der Waals surface area contributed by atoms with E-state index >= 15 is 0 Å². The van der Waals surface area contributed by atoms with Gasteiger partial charge in [0.1, 0.15) is 5.75 Å². The van der Waals surface area contributed by atoms with Gasteiger partial charge in [-0.15, -0.1) is 0 Å². The van der Waals surface area contributed by atoms with Crippen LogP contribution in [-0.2, 0) is 22.4 Å². The van der Waals surface area contributed by atoms with Gasteiger partial charge in [0, 0.05) is 13.0 Å². The highest BCUT2D eigenvalue weighted by Crippen LogP contribution is 2.27. The third-order valence-electron chi connectivity index (χ3n) is 4.06. The van der Waals surface area contributed by atoms with Gasteiger partial charge in [0.25, 0.3) is 0 Å². The molecule has 2 aliphatic rings. The lowest BCUT2D eigenvalue weighted by Gasteiger charge is -2.42. The summed E-state index contributed by atoms with van der Waals surface area (Å²) in [6, 6.07) is 6.08. The molecular formula is C16H21NO3. The lowest BCUT2D eigenvalue weighted by molar-refractivity contribution is -0.145. The van der Waals surface area contributed by atoms with Crippen molar-refractivity contribution < 1.29 is 14.3 Å². The number of ether oxygens (including phenoxy) is 2. The van der Waals surface area contributed by atoms with E-state index in [-0.39, 0.29) is 11.4 Å². The summed E-state index contributed by atoms with van der Waals surface area (Å²) in [5.74, 6) is 1.14. The molecule has 108 valence electrons. The van der Waals surface area contributed by atoms with Crippen molar-refractivity contribution in [2.75, 3.05) is 26.4 Å². The van der Waals surface area contributed by atoms with Gasteiger partial charge < -0.3 is 14.4 Å². The third kappa shape index (κ3) is 2.52. The van der Waals surface area contributed by atoms with E-state index in [2.05, 4.69) is 19.9 Å². The second-order valence-corrected chi connectivity index (χ2v) is 6.13. The largest absolute Gasteiger partial charge is 0.493 e. The molecule has 1 aromatic rings. The number of hydrogen-bond donors (Lipinski definition) is 0. The zero-order valence-electron chi connectivity index (χ0n) is 12.1. The van der Waals surface area contributed by atoms with Crippen LogP contribution in [0.3, 0.4) is 0 Å². The molecule has 0 radical (unpaired) electrons. The molecule has 1 amide bonds. The zero-order chi connectivity index (χ0) is 14.2. The Kier molecular flexibility index (Phi) is 3.42. The van der Waals surface area contributed by atoms with E-state index < -0.39 is 0 Å². The summed E-state index contributed by atoms with van der Waals surface area (Å²) in [6.45, 7) is 6.79. The summed E-state index contributed by atoms with van der Waals surface area (Å²) >= 11 is 0. The molecule has 1 saturated heterocycles. The molecule has 0 spiro atoms. The predicted octanol–water partition coefficient (Wildman–Crippen LogP) is 1.80. The van der Waals surface area contributed by atoms with Crippen LogP contribution in [-0.4, -0.2) is 42.7 Å². The predicted molar refractivity (Wildman–Crippen MR) is 76.0 cm³/mol. The van der Waals surface area contributed by atoms with E-state index in [9.17, 15) is 4.79 Å². The van der Waals surface area contributed by atoms with Crippen LogP contribution in [0.1, 0.15) is 25.0 Å². The molecule has 1 aromatic carbocycles. The first-order chi connectivity index (χ1) is 9.56. The average molecular weight is 275 g/mol. The van der Waals surface area contributed by atoms with Gasteiger partial charge in [0.2, 0.25) is 5.91 Å². The van der Waals surface area contributed by atoms with Crippen LogP contribution in [0, 0.1) is 0 Å². The van der Waals surface area contributed by atoms with Gasteiger partial charge in [-0.05, 0) is 31.0 Å². The van der Waals surface area contributed by atoms with Crippen molar-refractivity contribution in [2.45, 2.75) is 32.2 Å². The normalized spacial score (nSPS) is 20.4. The smallest absolute Gasteiger partial charge is 0.227 e. The summed E-state index contributed by atoms with van der Waals surface area (Å²) in [4.78, 5) is 14.5. The molecule has 2 heterocycles. The summed E-state index contributed by atoms with van der Waals surface area (Å²) in [5, 5.41) is 0. The van der Waals surface area contributed by atoms with Gasteiger partial charge in [0.05, 0.1) is 31.8 Å². The Labute approximate surface area is 119 Å². The van der Waals surface area contributed by atoms with Gasteiger partial charge in [-0.3, -0.25) is 4.79 Å². The fraction of sp³-hybridized carbons (Fsp3) is 0.562. The minimum Gasteiger partial charge on any atom is -0.493 e. The van der Waals surface area contributed by atoms with Crippen LogP contribution in [0.4, 0.5) is 0 Å². The van der Waals surface area contributed by atoms with Crippen molar-refractivity contribution in [1.82, 2.24) is 4.90 Å². The van der Waals surface area contributed by atoms with E-state index in [1.54, 1.807) is 0 Å². The molecule has 0 atom stereocenters. The number of hydrogen-bond acceptors (Lipinski definition) is 3. The molecule has 4 nitrogen and oxygen atoms in total. The number of fused-ring (bicyclic) bond motifs is 1. The Morgan fingerprint density at radius 2 is 2.20 bits per heavy atom. The summed E-state index contributed by atoms with van der Waals surface area (Å²) in [7, 11) is 0. The van der Waals surface area contributed by atoms with Crippen molar-refractivity contribution in [1.29, 1.82) is 0 Å². The monoisotopic (exact) mass is 275 g/mol. The SMILES string of the molecule is CC1(C)COCCN1C(=O)Cc1ccc2c(c1)CCO2.